The lowest BCUT2D eigenvalue weighted by Crippen LogP contribution is -2.42. The number of aliphatic hydroxyl groups is 4. The van der Waals surface area contributed by atoms with Gasteiger partial charge in [-0.1, -0.05) is 45.1 Å². The van der Waals surface area contributed by atoms with Crippen molar-refractivity contribution < 1.29 is 44.2 Å². The summed E-state index contributed by atoms with van der Waals surface area (Å²) in [4.78, 5) is 24.3. The quantitative estimate of drug-likeness (QED) is 0.147. The van der Waals surface area contributed by atoms with Gasteiger partial charge in [-0.25, -0.2) is 0 Å². The molecule has 0 bridgehead atoms. The molecule has 0 radical (unpaired) electrons. The number of hydrogen-bond acceptors (Lipinski definition) is 9. The van der Waals surface area contributed by atoms with Gasteiger partial charge in [-0.05, 0) is 51.7 Å². The van der Waals surface area contributed by atoms with Crippen molar-refractivity contribution in [1.29, 1.82) is 0 Å². The van der Waals surface area contributed by atoms with Gasteiger partial charge in [0.2, 0.25) is 0 Å². The van der Waals surface area contributed by atoms with E-state index in [2.05, 4.69) is 0 Å². The van der Waals surface area contributed by atoms with Gasteiger partial charge in [0.25, 0.3) is 0 Å². The summed E-state index contributed by atoms with van der Waals surface area (Å²) < 4.78 is 16.8. The van der Waals surface area contributed by atoms with Crippen molar-refractivity contribution in [3.05, 3.63) is 36.0 Å². The molecule has 0 aromatic rings. The zero-order valence-corrected chi connectivity index (χ0v) is 24.4. The molecule has 2 heterocycles. The average Bonchev–Trinajstić information content (AvgIpc) is 3.59. The second-order valence-electron chi connectivity index (χ2n) is 11.7. The first kappa shape index (κ1) is 33.2. The van der Waals surface area contributed by atoms with Crippen LogP contribution in [0.2, 0.25) is 0 Å². The molecule has 0 aromatic carbocycles. The van der Waals surface area contributed by atoms with Gasteiger partial charge in [-0.2, -0.15) is 0 Å². The van der Waals surface area contributed by atoms with Crippen LogP contribution in [0.1, 0.15) is 80.6 Å². The molecule has 222 valence electrons. The number of allylic oxidation sites excluding steroid dienone is 2. The van der Waals surface area contributed by atoms with Gasteiger partial charge in [0.15, 0.2) is 0 Å². The first-order valence-corrected chi connectivity index (χ1v) is 13.9. The monoisotopic (exact) mass is 552 g/mol. The van der Waals surface area contributed by atoms with Crippen LogP contribution in [0.4, 0.5) is 0 Å². The van der Waals surface area contributed by atoms with Crippen molar-refractivity contribution in [1.82, 2.24) is 0 Å². The van der Waals surface area contributed by atoms with E-state index in [1.807, 2.05) is 20.8 Å². The van der Waals surface area contributed by atoms with Gasteiger partial charge >= 0.3 is 11.9 Å². The lowest BCUT2D eigenvalue weighted by molar-refractivity contribution is -0.157. The maximum Gasteiger partial charge on any atom is 0.309 e. The van der Waals surface area contributed by atoms with Crippen LogP contribution in [0, 0.1) is 11.8 Å². The second kappa shape index (κ2) is 14.0. The van der Waals surface area contributed by atoms with Crippen LogP contribution in [0.5, 0.6) is 0 Å². The number of ether oxygens (including phenoxy) is 3. The first-order valence-electron chi connectivity index (χ1n) is 13.9. The molecule has 0 saturated carbocycles. The van der Waals surface area contributed by atoms with Crippen LogP contribution in [0.15, 0.2) is 36.0 Å². The topological polar surface area (TPSA) is 146 Å². The van der Waals surface area contributed by atoms with Gasteiger partial charge < -0.3 is 34.6 Å². The lowest BCUT2D eigenvalue weighted by Gasteiger charge is -2.32. The minimum absolute atomic E-state index is 0.00472. The molecule has 0 spiro atoms. The fourth-order valence-electron chi connectivity index (χ4n) is 4.98. The molecule has 10 atom stereocenters. The zero-order chi connectivity index (χ0) is 29.5. The molecule has 0 aromatic heterocycles. The smallest absolute Gasteiger partial charge is 0.309 e. The molecule has 1 fully saturated rings. The molecule has 2 aliphatic heterocycles. The lowest BCUT2D eigenvalue weighted by atomic mass is 9.88. The highest BCUT2D eigenvalue weighted by molar-refractivity contribution is 5.70. The van der Waals surface area contributed by atoms with Crippen molar-refractivity contribution in [2.45, 2.75) is 128 Å². The summed E-state index contributed by atoms with van der Waals surface area (Å²) >= 11 is 0. The van der Waals surface area contributed by atoms with Crippen LogP contribution in [0.3, 0.4) is 0 Å². The van der Waals surface area contributed by atoms with Gasteiger partial charge in [0.1, 0.15) is 17.8 Å². The first-order chi connectivity index (χ1) is 18.1. The van der Waals surface area contributed by atoms with E-state index in [1.54, 1.807) is 44.2 Å². The molecule has 0 unspecified atom stereocenters. The number of esters is 2. The molecule has 2 aliphatic rings. The van der Waals surface area contributed by atoms with Crippen molar-refractivity contribution in [2.75, 3.05) is 0 Å². The molecule has 4 N–H and O–H groups in total. The van der Waals surface area contributed by atoms with E-state index in [-0.39, 0.29) is 43.3 Å². The van der Waals surface area contributed by atoms with Gasteiger partial charge in [-0.3, -0.25) is 9.59 Å². The van der Waals surface area contributed by atoms with E-state index in [0.29, 0.717) is 18.4 Å². The molecule has 0 amide bonds. The van der Waals surface area contributed by atoms with Crippen molar-refractivity contribution in [2.24, 2.45) is 11.8 Å². The Hall–Kier alpha value is -2.04. The number of rotatable bonds is 9. The SMILES string of the molecule is CC[C@H](O)[C@@H](C)[C@@H]1O[C@H]1C[C@@](C)(O)/C=C/C=C(\C)[C@H]1OC(=O)C[C@H](O)CC[C@@](C)(O)[C@H](OC(C)=O)/C=C/[C@@H]1C. The van der Waals surface area contributed by atoms with E-state index in [9.17, 15) is 30.0 Å². The third-order valence-corrected chi connectivity index (χ3v) is 7.66. The third-order valence-electron chi connectivity index (χ3n) is 7.66. The molecule has 9 heteroatoms. The third kappa shape index (κ3) is 10.5. The Morgan fingerprint density at radius 2 is 2.00 bits per heavy atom. The highest BCUT2D eigenvalue weighted by atomic mass is 16.6. The maximum atomic E-state index is 12.6. The van der Waals surface area contributed by atoms with E-state index in [1.165, 1.54) is 13.8 Å². The Morgan fingerprint density at radius 1 is 1.33 bits per heavy atom. The number of carbonyl (C=O) groups is 2. The fraction of sp³-hybridized carbons (Fsp3) is 0.733. The molecule has 39 heavy (non-hydrogen) atoms. The van der Waals surface area contributed by atoms with E-state index >= 15 is 0 Å². The number of cyclic esters (lactones) is 1. The van der Waals surface area contributed by atoms with Crippen molar-refractivity contribution >= 4 is 11.9 Å². The number of aliphatic hydroxyl groups excluding tert-OH is 2. The summed E-state index contributed by atoms with van der Waals surface area (Å²) in [7, 11) is 0. The fourth-order valence-corrected chi connectivity index (χ4v) is 4.98. The van der Waals surface area contributed by atoms with Crippen molar-refractivity contribution in [3.8, 4) is 0 Å². The Kier molecular flexibility index (Phi) is 11.9. The predicted molar refractivity (Wildman–Crippen MR) is 146 cm³/mol. The van der Waals surface area contributed by atoms with E-state index in [4.69, 9.17) is 14.2 Å². The normalized spacial score (nSPS) is 36.6. The largest absolute Gasteiger partial charge is 0.457 e. The Balaban J connectivity index is 2.18. The highest BCUT2D eigenvalue weighted by Gasteiger charge is 2.47. The van der Waals surface area contributed by atoms with E-state index < -0.39 is 47.6 Å². The summed E-state index contributed by atoms with van der Waals surface area (Å²) in [5, 5.41) is 42.2. The van der Waals surface area contributed by atoms with Gasteiger partial charge in [0, 0.05) is 25.2 Å². The summed E-state index contributed by atoms with van der Waals surface area (Å²) in [5.41, 5.74) is -1.87. The van der Waals surface area contributed by atoms with Crippen LogP contribution in [-0.2, 0) is 23.8 Å². The van der Waals surface area contributed by atoms with Crippen LogP contribution in [-0.4, -0.2) is 80.2 Å². The van der Waals surface area contributed by atoms with Gasteiger partial charge in [-0.15, -0.1) is 0 Å². The molecule has 9 nitrogen and oxygen atoms in total. The molecule has 0 aliphatic carbocycles. The van der Waals surface area contributed by atoms with E-state index in [0.717, 1.165) is 0 Å². The van der Waals surface area contributed by atoms with Crippen LogP contribution >= 0.6 is 0 Å². The van der Waals surface area contributed by atoms with Gasteiger partial charge in [0.05, 0.1) is 36.4 Å². The molecule has 1 saturated heterocycles. The zero-order valence-electron chi connectivity index (χ0n) is 24.4. The molecular weight excluding hydrogens is 504 g/mol. The number of epoxide rings is 1. The second-order valence-corrected chi connectivity index (χ2v) is 11.7. The highest BCUT2D eigenvalue weighted by Crippen LogP contribution is 2.37. The summed E-state index contributed by atoms with van der Waals surface area (Å²) in [6.07, 6.45) is 6.23. The molecular formula is C30H48O9. The maximum absolute atomic E-state index is 12.6. The summed E-state index contributed by atoms with van der Waals surface area (Å²) in [6, 6.07) is 0. The standard InChI is InChI=1S/C30H48O9/c1-8-23(33)20(4)28-24(38-28)17-29(6,35)14-9-10-18(2)27-19(3)11-12-25(37-21(5)31)30(7,36)15-13-22(32)16-26(34)39-27/h9-12,14,19-20,22-25,27-28,32-33,35-36H,8,13,15-17H2,1-7H3/b12-11+,14-9+,18-10+/t19-,20+,22+,23-,24-,25+,27+,28-,29-,30+/m0/s1. The predicted octanol–water partition coefficient (Wildman–Crippen LogP) is 3.14. The number of carbonyl (C=O) groups excluding carboxylic acids is 2. The molecule has 2 rings (SSSR count). The van der Waals surface area contributed by atoms with Crippen molar-refractivity contribution in [3.63, 3.8) is 0 Å². The summed E-state index contributed by atoms with van der Waals surface area (Å²) in [6.45, 7) is 12.0. The Morgan fingerprint density at radius 3 is 2.62 bits per heavy atom. The van der Waals surface area contributed by atoms with Crippen LogP contribution < -0.4 is 0 Å². The number of hydrogen-bond donors (Lipinski definition) is 4. The Bertz CT molecular complexity index is 919. The minimum Gasteiger partial charge on any atom is -0.457 e. The Labute approximate surface area is 232 Å². The van der Waals surface area contributed by atoms with Crippen LogP contribution in [0.25, 0.3) is 0 Å². The minimum atomic E-state index is -1.43. The summed E-state index contributed by atoms with van der Waals surface area (Å²) in [5.74, 6) is -1.46. The average molecular weight is 553 g/mol.